The zero-order chi connectivity index (χ0) is 11.7. The summed E-state index contributed by atoms with van der Waals surface area (Å²) in [6.45, 7) is 4.51. The van der Waals surface area contributed by atoms with Crippen LogP contribution >= 0.6 is 15.9 Å². The predicted octanol–water partition coefficient (Wildman–Crippen LogP) is 2.91. The van der Waals surface area contributed by atoms with Gasteiger partial charge in [-0.15, -0.1) is 0 Å². The Morgan fingerprint density at radius 2 is 2.12 bits per heavy atom. The second-order valence-electron chi connectivity index (χ2n) is 3.81. The van der Waals surface area contributed by atoms with Gasteiger partial charge >= 0.3 is 0 Å². The Hall–Kier alpha value is -1.13. The second-order valence-corrected chi connectivity index (χ2v) is 4.66. The van der Waals surface area contributed by atoms with Gasteiger partial charge in [-0.05, 0) is 31.5 Å². The number of nitrogens with one attached hydrogen (secondary N) is 1. The van der Waals surface area contributed by atoms with E-state index in [1.807, 2.05) is 26.0 Å². The van der Waals surface area contributed by atoms with Gasteiger partial charge in [-0.2, -0.15) is 0 Å². The monoisotopic (exact) mass is 279 g/mol. The van der Waals surface area contributed by atoms with Crippen molar-refractivity contribution >= 4 is 15.9 Å². The van der Waals surface area contributed by atoms with Crippen LogP contribution in [0.3, 0.4) is 0 Å². The highest BCUT2D eigenvalue weighted by molar-refractivity contribution is 9.10. The van der Waals surface area contributed by atoms with Crippen molar-refractivity contribution in [2.45, 2.75) is 20.4 Å². The number of hydrogen-bond acceptors (Lipinski definition) is 2. The van der Waals surface area contributed by atoms with Gasteiger partial charge in [-0.1, -0.05) is 22.0 Å². The lowest BCUT2D eigenvalue weighted by Crippen LogP contribution is -1.97. The van der Waals surface area contributed by atoms with Crippen molar-refractivity contribution in [2.24, 2.45) is 5.73 Å². The number of hydrogen-bond donors (Lipinski definition) is 2. The van der Waals surface area contributed by atoms with Crippen LogP contribution in [0.4, 0.5) is 0 Å². The van der Waals surface area contributed by atoms with Gasteiger partial charge in [0.05, 0.1) is 5.69 Å². The van der Waals surface area contributed by atoms with Crippen molar-refractivity contribution in [1.29, 1.82) is 0 Å². The fraction of sp³-hybridized carbons (Fsp3) is 0.250. The molecule has 0 aliphatic carbocycles. The first kappa shape index (κ1) is 11.4. The minimum Gasteiger partial charge on any atom is -0.346 e. The number of imidazole rings is 1. The number of nitrogens with zero attached hydrogens (tertiary/aromatic N) is 1. The quantitative estimate of drug-likeness (QED) is 0.888. The lowest BCUT2D eigenvalue weighted by Gasteiger charge is -2.04. The van der Waals surface area contributed by atoms with Gasteiger partial charge in [0.15, 0.2) is 0 Å². The fourth-order valence-electron chi connectivity index (χ4n) is 1.77. The van der Waals surface area contributed by atoms with Crippen molar-refractivity contribution in [1.82, 2.24) is 9.97 Å². The standard InChI is InChI=1S/C12H14BrN3/c1-7-12(16-8(2)15-7)9-3-4-11(13)10(5-9)6-14/h3-5H,6,14H2,1-2H3,(H,15,16). The molecule has 0 bridgehead atoms. The van der Waals surface area contributed by atoms with Crippen LogP contribution < -0.4 is 5.73 Å². The molecule has 84 valence electrons. The molecule has 0 radical (unpaired) electrons. The van der Waals surface area contributed by atoms with E-state index in [0.29, 0.717) is 6.54 Å². The summed E-state index contributed by atoms with van der Waals surface area (Å²) < 4.78 is 1.05. The van der Waals surface area contributed by atoms with Gasteiger partial charge in [0.1, 0.15) is 5.82 Å². The summed E-state index contributed by atoms with van der Waals surface area (Å²) in [6.07, 6.45) is 0. The van der Waals surface area contributed by atoms with E-state index >= 15 is 0 Å². The van der Waals surface area contributed by atoms with Gasteiger partial charge < -0.3 is 10.7 Å². The Kier molecular flexibility index (Phi) is 3.12. The Bertz CT molecular complexity index is 517. The van der Waals surface area contributed by atoms with Crippen LogP contribution in [0, 0.1) is 13.8 Å². The average molecular weight is 280 g/mol. The molecule has 2 aromatic rings. The maximum absolute atomic E-state index is 5.68. The third kappa shape index (κ3) is 2.03. The molecule has 3 nitrogen and oxygen atoms in total. The zero-order valence-corrected chi connectivity index (χ0v) is 10.9. The second kappa shape index (κ2) is 4.39. The molecule has 1 aromatic carbocycles. The number of aryl methyl sites for hydroxylation is 2. The summed E-state index contributed by atoms with van der Waals surface area (Å²) in [6, 6.07) is 6.14. The highest BCUT2D eigenvalue weighted by atomic mass is 79.9. The molecule has 3 N–H and O–H groups in total. The van der Waals surface area contributed by atoms with E-state index in [0.717, 1.165) is 32.8 Å². The minimum absolute atomic E-state index is 0.525. The fourth-order valence-corrected chi connectivity index (χ4v) is 2.18. The van der Waals surface area contributed by atoms with Gasteiger partial charge in [0, 0.05) is 22.3 Å². The van der Waals surface area contributed by atoms with Crippen LogP contribution in [0.15, 0.2) is 22.7 Å². The van der Waals surface area contributed by atoms with Crippen molar-refractivity contribution in [3.63, 3.8) is 0 Å². The van der Waals surface area contributed by atoms with E-state index < -0.39 is 0 Å². The van der Waals surface area contributed by atoms with Gasteiger partial charge in [0.25, 0.3) is 0 Å². The predicted molar refractivity (Wildman–Crippen MR) is 69.1 cm³/mol. The average Bonchev–Trinajstić information content (AvgIpc) is 2.59. The molecule has 0 fully saturated rings. The molecule has 0 unspecified atom stereocenters. The number of nitrogens with two attached hydrogens (primary N) is 1. The van der Waals surface area contributed by atoms with Crippen molar-refractivity contribution < 1.29 is 0 Å². The Morgan fingerprint density at radius 1 is 1.38 bits per heavy atom. The Labute approximate surface area is 103 Å². The highest BCUT2D eigenvalue weighted by Gasteiger charge is 2.08. The first-order valence-electron chi connectivity index (χ1n) is 5.14. The maximum Gasteiger partial charge on any atom is 0.103 e. The van der Waals surface area contributed by atoms with Crippen LogP contribution in [-0.2, 0) is 6.54 Å². The number of rotatable bonds is 2. The number of halogens is 1. The minimum atomic E-state index is 0.525. The normalized spacial score (nSPS) is 10.8. The van der Waals surface area contributed by atoms with Gasteiger partial charge in [0.2, 0.25) is 0 Å². The molecule has 1 aromatic heterocycles. The molecule has 0 aliphatic rings. The molecule has 0 saturated heterocycles. The third-order valence-corrected chi connectivity index (χ3v) is 3.32. The Morgan fingerprint density at radius 3 is 2.69 bits per heavy atom. The lowest BCUT2D eigenvalue weighted by atomic mass is 10.1. The van der Waals surface area contributed by atoms with Crippen LogP contribution in [0.5, 0.6) is 0 Å². The molecule has 0 amide bonds. The van der Waals surface area contributed by atoms with E-state index in [1.165, 1.54) is 0 Å². The molecule has 4 heteroatoms. The topological polar surface area (TPSA) is 54.7 Å². The molecular weight excluding hydrogens is 266 g/mol. The van der Waals surface area contributed by atoms with E-state index in [1.54, 1.807) is 0 Å². The number of aromatic amines is 1. The van der Waals surface area contributed by atoms with Crippen molar-refractivity contribution in [2.75, 3.05) is 0 Å². The zero-order valence-electron chi connectivity index (χ0n) is 9.34. The highest BCUT2D eigenvalue weighted by Crippen LogP contribution is 2.26. The molecule has 0 saturated carbocycles. The van der Waals surface area contributed by atoms with Crippen LogP contribution in [0.2, 0.25) is 0 Å². The van der Waals surface area contributed by atoms with Crippen molar-refractivity contribution in [3.05, 3.63) is 39.8 Å². The molecule has 0 aliphatic heterocycles. The van der Waals surface area contributed by atoms with E-state index in [9.17, 15) is 0 Å². The van der Waals surface area contributed by atoms with Crippen LogP contribution in [0.25, 0.3) is 11.3 Å². The van der Waals surface area contributed by atoms with E-state index in [4.69, 9.17) is 5.73 Å². The summed E-state index contributed by atoms with van der Waals surface area (Å²) in [5, 5.41) is 0. The third-order valence-electron chi connectivity index (χ3n) is 2.54. The molecule has 0 spiro atoms. The summed E-state index contributed by atoms with van der Waals surface area (Å²) in [4.78, 5) is 7.68. The maximum atomic E-state index is 5.68. The van der Waals surface area contributed by atoms with E-state index in [-0.39, 0.29) is 0 Å². The van der Waals surface area contributed by atoms with Gasteiger partial charge in [-0.3, -0.25) is 0 Å². The summed E-state index contributed by atoms with van der Waals surface area (Å²) in [5.74, 6) is 0.935. The van der Waals surface area contributed by atoms with Crippen molar-refractivity contribution in [3.8, 4) is 11.3 Å². The number of benzene rings is 1. The molecular formula is C12H14BrN3. The molecule has 2 rings (SSSR count). The van der Waals surface area contributed by atoms with Crippen LogP contribution in [-0.4, -0.2) is 9.97 Å². The summed E-state index contributed by atoms with van der Waals surface area (Å²) >= 11 is 3.48. The SMILES string of the molecule is Cc1nc(-c2ccc(Br)c(CN)c2)c(C)[nH]1. The molecule has 0 atom stereocenters. The lowest BCUT2D eigenvalue weighted by molar-refractivity contribution is 1.06. The van der Waals surface area contributed by atoms with E-state index in [2.05, 4.69) is 32.0 Å². The Balaban J connectivity index is 2.52. The van der Waals surface area contributed by atoms with Crippen LogP contribution in [0.1, 0.15) is 17.1 Å². The van der Waals surface area contributed by atoms with Gasteiger partial charge in [-0.25, -0.2) is 4.98 Å². The number of aromatic nitrogens is 2. The molecule has 16 heavy (non-hydrogen) atoms. The number of H-pyrrole nitrogens is 1. The first-order valence-corrected chi connectivity index (χ1v) is 5.93. The smallest absolute Gasteiger partial charge is 0.103 e. The summed E-state index contributed by atoms with van der Waals surface area (Å²) in [7, 11) is 0. The first-order chi connectivity index (χ1) is 7.61. The largest absolute Gasteiger partial charge is 0.346 e. The molecule has 1 heterocycles. The summed E-state index contributed by atoms with van der Waals surface area (Å²) in [5.41, 5.74) is 9.97.